The van der Waals surface area contributed by atoms with E-state index in [4.69, 9.17) is 14.0 Å². The molecule has 0 radical (unpaired) electrons. The maximum Gasteiger partial charge on any atom is 0.306 e. The number of hydrogen-bond acceptors (Lipinski definition) is 10. The second-order valence-electron chi connectivity index (χ2n) is 13.8. The second kappa shape index (κ2) is 36.0. The Bertz CT molecular complexity index is 989. The van der Waals surface area contributed by atoms with E-state index in [1.165, 1.54) is 77.0 Å². The molecule has 12 heteroatoms. The molecule has 3 atom stereocenters. The lowest BCUT2D eigenvalue weighted by Gasteiger charge is -2.26. The number of quaternary nitrogens is 1. The van der Waals surface area contributed by atoms with Crippen LogP contribution in [-0.4, -0.2) is 49.9 Å². The van der Waals surface area contributed by atoms with Gasteiger partial charge in [-0.1, -0.05) is 147 Å². The molecule has 0 bridgehead atoms. The minimum Gasteiger partial charge on any atom is -0.756 e. The van der Waals surface area contributed by atoms with E-state index in [-0.39, 0.29) is 19.4 Å². The van der Waals surface area contributed by atoms with E-state index in [2.05, 4.69) is 48.4 Å². The monoisotopic (exact) mass is 758 g/mol. The Hall–Kier alpha value is -2.04. The van der Waals surface area contributed by atoms with Crippen LogP contribution in [0.1, 0.15) is 181 Å². The van der Waals surface area contributed by atoms with Crippen molar-refractivity contribution in [1.82, 2.24) is 0 Å². The molecule has 0 aliphatic carbocycles. The minimum atomic E-state index is -4.95. The van der Waals surface area contributed by atoms with E-state index in [1.54, 1.807) is 0 Å². The van der Waals surface area contributed by atoms with Crippen LogP contribution in [0.25, 0.3) is 0 Å². The molecule has 0 saturated carbocycles. The third kappa shape index (κ3) is 35.0. The average molecular weight is 759 g/mol. The van der Waals surface area contributed by atoms with Gasteiger partial charge >= 0.3 is 11.9 Å². The van der Waals surface area contributed by atoms with Crippen molar-refractivity contribution in [2.24, 2.45) is 0 Å². The molecule has 0 aliphatic heterocycles. The Labute approximate surface area is 315 Å². The van der Waals surface area contributed by atoms with Gasteiger partial charge in [-0.05, 0) is 44.9 Å². The number of unbranched alkanes of at least 4 members (excludes halogenated alkanes) is 20. The molecule has 3 N–H and O–H groups in total. The highest BCUT2D eigenvalue weighted by Gasteiger charge is 2.22. The molecule has 304 valence electrons. The Kier molecular flexibility index (Phi) is 34.6. The van der Waals surface area contributed by atoms with Crippen LogP contribution in [0.3, 0.4) is 0 Å². The van der Waals surface area contributed by atoms with Crippen LogP contribution in [0.15, 0.2) is 24.3 Å². The predicted molar refractivity (Wildman–Crippen MR) is 202 cm³/mol. The van der Waals surface area contributed by atoms with Crippen LogP contribution in [0.2, 0.25) is 0 Å². The number of rotatable bonds is 38. The number of carboxylic acids is 1. The standard InChI is InChI=1S/C40H74NO10P/c1-3-5-7-9-11-13-15-17-18-20-22-24-26-28-30-32-39(43)51-36(34-49-52(46,47)50-35-37(41)40(44)45)33-48-38(42)31-29-27-25-23-21-19-16-14-12-10-8-6-4-2/h11,13,17-18,36-37H,3-10,12,14-16,19-35,41H2,1-2H3,(H,44,45)(H,46,47)/p-1/t36-,37+/m1/s1. The van der Waals surface area contributed by atoms with Crippen molar-refractivity contribution >= 4 is 25.7 Å². The van der Waals surface area contributed by atoms with Gasteiger partial charge in [-0.15, -0.1) is 0 Å². The largest absolute Gasteiger partial charge is 0.756 e. The van der Waals surface area contributed by atoms with Crippen LogP contribution in [0.4, 0.5) is 0 Å². The summed E-state index contributed by atoms with van der Waals surface area (Å²) in [5.74, 6) is -2.59. The Morgan fingerprint density at radius 3 is 1.54 bits per heavy atom. The van der Waals surface area contributed by atoms with Crippen molar-refractivity contribution in [3.63, 3.8) is 0 Å². The van der Waals surface area contributed by atoms with Gasteiger partial charge in [0.15, 0.2) is 6.10 Å². The highest BCUT2D eigenvalue weighted by Crippen LogP contribution is 2.38. The van der Waals surface area contributed by atoms with E-state index in [9.17, 15) is 28.9 Å². The molecule has 1 unspecified atom stereocenters. The number of hydrogen-bond donors (Lipinski definition) is 1. The van der Waals surface area contributed by atoms with Crippen molar-refractivity contribution in [2.75, 3.05) is 19.8 Å². The first kappa shape index (κ1) is 50.0. The van der Waals surface area contributed by atoms with Gasteiger partial charge in [0.1, 0.15) is 25.2 Å². The molecule has 11 nitrogen and oxygen atoms in total. The lowest BCUT2D eigenvalue weighted by atomic mass is 10.0. The lowest BCUT2D eigenvalue weighted by Crippen LogP contribution is -2.70. The molecule has 0 aromatic heterocycles. The van der Waals surface area contributed by atoms with E-state index in [1.807, 2.05) is 0 Å². The maximum absolute atomic E-state index is 12.6. The van der Waals surface area contributed by atoms with E-state index in [0.29, 0.717) is 12.8 Å². The zero-order valence-electron chi connectivity index (χ0n) is 32.7. The number of carbonyl (C=O) groups is 3. The van der Waals surface area contributed by atoms with Crippen LogP contribution in [-0.2, 0) is 37.5 Å². The first-order chi connectivity index (χ1) is 25.1. The number of aliphatic carboxylic acids is 1. The number of ether oxygens (including phenoxy) is 2. The van der Waals surface area contributed by atoms with Crippen molar-refractivity contribution < 1.29 is 53.2 Å². The fourth-order valence-electron chi connectivity index (χ4n) is 5.45. The molecule has 0 aromatic carbocycles. The summed E-state index contributed by atoms with van der Waals surface area (Å²) >= 11 is 0. The van der Waals surface area contributed by atoms with Crippen LogP contribution in [0, 0.1) is 0 Å². The summed E-state index contributed by atoms with van der Waals surface area (Å²) in [7, 11) is -4.95. The van der Waals surface area contributed by atoms with E-state index < -0.39 is 51.1 Å². The molecular weight excluding hydrogens is 685 g/mol. The van der Waals surface area contributed by atoms with Crippen LogP contribution in [0.5, 0.6) is 0 Å². The minimum absolute atomic E-state index is 0.133. The van der Waals surface area contributed by atoms with Crippen molar-refractivity contribution in [3.05, 3.63) is 24.3 Å². The Balaban J connectivity index is 4.42. The Morgan fingerprint density at radius 2 is 1.02 bits per heavy atom. The SMILES string of the molecule is CCCCCC=CCC=CCCCCCCCC(=O)O[C@H](COC(=O)CCCCCCCCCCCCCCC)COP(=O)([O-])OC[C@H]([NH3+])C(=O)[O-]. The predicted octanol–water partition coefficient (Wildman–Crippen LogP) is 7.60. The zero-order chi connectivity index (χ0) is 38.5. The van der Waals surface area contributed by atoms with Gasteiger partial charge in [0.2, 0.25) is 0 Å². The van der Waals surface area contributed by atoms with Gasteiger partial charge in [-0.2, -0.15) is 0 Å². The smallest absolute Gasteiger partial charge is 0.306 e. The molecule has 0 aromatic rings. The van der Waals surface area contributed by atoms with Gasteiger partial charge in [0, 0.05) is 12.8 Å². The van der Waals surface area contributed by atoms with Gasteiger partial charge in [-0.3, -0.25) is 14.2 Å². The van der Waals surface area contributed by atoms with Gasteiger partial charge in [0.25, 0.3) is 7.82 Å². The van der Waals surface area contributed by atoms with Crippen LogP contribution < -0.4 is 15.7 Å². The normalized spacial score (nSPS) is 14.1. The van der Waals surface area contributed by atoms with Crippen molar-refractivity contribution in [1.29, 1.82) is 0 Å². The number of phosphoric ester groups is 1. The summed E-state index contributed by atoms with van der Waals surface area (Å²) in [6.45, 7) is 2.66. The molecule has 0 fully saturated rings. The number of allylic oxidation sites excluding steroid dienone is 4. The molecule has 0 amide bonds. The highest BCUT2D eigenvalue weighted by molar-refractivity contribution is 7.45. The second-order valence-corrected chi connectivity index (χ2v) is 15.2. The number of carbonyl (C=O) groups excluding carboxylic acids is 3. The fourth-order valence-corrected chi connectivity index (χ4v) is 6.23. The summed E-state index contributed by atoms with van der Waals surface area (Å²) in [4.78, 5) is 47.9. The zero-order valence-corrected chi connectivity index (χ0v) is 33.6. The molecule has 0 rings (SSSR count). The number of carboxylic acid groups (broad SMARTS) is 1. The van der Waals surface area contributed by atoms with Gasteiger partial charge < -0.3 is 39.0 Å². The lowest BCUT2D eigenvalue weighted by molar-refractivity contribution is -0.441. The third-order valence-corrected chi connectivity index (χ3v) is 9.66. The molecular formula is C40H73NO10P-. The molecule has 0 aliphatic rings. The highest BCUT2D eigenvalue weighted by atomic mass is 31.2. The summed E-state index contributed by atoms with van der Waals surface area (Å²) in [6.07, 6.45) is 35.1. The van der Waals surface area contributed by atoms with E-state index in [0.717, 1.165) is 64.2 Å². The summed E-state index contributed by atoms with van der Waals surface area (Å²) in [6, 6.07) is -1.42. The topological polar surface area (TPSA) is 179 Å². The first-order valence-corrected chi connectivity index (χ1v) is 21.9. The van der Waals surface area contributed by atoms with Gasteiger partial charge in [-0.25, -0.2) is 0 Å². The molecule has 0 spiro atoms. The van der Waals surface area contributed by atoms with Gasteiger partial charge in [0.05, 0.1) is 6.61 Å². The summed E-state index contributed by atoms with van der Waals surface area (Å²) < 4.78 is 32.3. The first-order valence-electron chi connectivity index (χ1n) is 20.4. The quantitative estimate of drug-likeness (QED) is 0.0285. The van der Waals surface area contributed by atoms with Crippen LogP contribution >= 0.6 is 7.82 Å². The molecule has 0 saturated heterocycles. The number of esters is 2. The van der Waals surface area contributed by atoms with Crippen molar-refractivity contribution in [3.8, 4) is 0 Å². The summed E-state index contributed by atoms with van der Waals surface area (Å²) in [5.41, 5.74) is 3.23. The Morgan fingerprint density at radius 1 is 0.596 bits per heavy atom. The van der Waals surface area contributed by atoms with Crippen molar-refractivity contribution in [2.45, 2.75) is 193 Å². The average Bonchev–Trinajstić information content (AvgIpc) is 3.12. The third-order valence-electron chi connectivity index (χ3n) is 8.73. The fraction of sp³-hybridized carbons (Fsp3) is 0.825. The van der Waals surface area contributed by atoms with E-state index >= 15 is 0 Å². The number of phosphoric acid groups is 1. The summed E-state index contributed by atoms with van der Waals surface area (Å²) in [5, 5.41) is 10.8. The molecule has 52 heavy (non-hydrogen) atoms. The molecule has 0 heterocycles. The maximum atomic E-state index is 12.6.